The first kappa shape index (κ1) is 9.45. The zero-order valence-electron chi connectivity index (χ0n) is 7.30. The molecular weight excluding hydrogens is 293 g/mol. The van der Waals surface area contributed by atoms with Gasteiger partial charge in [-0.2, -0.15) is 0 Å². The summed E-state index contributed by atoms with van der Waals surface area (Å²) in [5, 5.41) is 7.48. The first-order valence-corrected chi connectivity index (χ1v) is 5.17. The van der Waals surface area contributed by atoms with Crippen molar-refractivity contribution in [1.82, 2.24) is 15.2 Å². The lowest BCUT2D eigenvalue weighted by atomic mass is 10.2. The molecule has 0 unspecified atom stereocenters. The number of hydrogen-bond acceptors (Lipinski definition) is 3. The highest BCUT2D eigenvalue weighted by Crippen LogP contribution is 2.01. The van der Waals surface area contributed by atoms with Crippen molar-refractivity contribution < 1.29 is 4.84 Å². The number of nitrogens with zero attached hydrogens (tertiary/aromatic N) is 3. The van der Waals surface area contributed by atoms with Crippen LogP contribution in [0.15, 0.2) is 36.5 Å². The van der Waals surface area contributed by atoms with Crippen molar-refractivity contribution in [2.24, 2.45) is 0 Å². The van der Waals surface area contributed by atoms with Gasteiger partial charge in [0.15, 0.2) is 3.70 Å². The van der Waals surface area contributed by atoms with Gasteiger partial charge in [0.25, 0.3) is 0 Å². The van der Waals surface area contributed by atoms with Crippen LogP contribution in [0.25, 0.3) is 0 Å². The number of aromatic nitrogens is 3. The molecule has 72 valence electrons. The summed E-state index contributed by atoms with van der Waals surface area (Å²) in [6.45, 7) is 0.500. The summed E-state index contributed by atoms with van der Waals surface area (Å²) in [5.41, 5.74) is 1.11. The van der Waals surface area contributed by atoms with Crippen LogP contribution in [0.5, 0.6) is 0 Å². The van der Waals surface area contributed by atoms with Gasteiger partial charge in [0.05, 0.1) is 6.20 Å². The monoisotopic (exact) mass is 301 g/mol. The number of benzene rings is 1. The molecule has 0 spiro atoms. The Bertz CT molecular complexity index is 401. The minimum atomic E-state index is 0.500. The third-order valence-electron chi connectivity index (χ3n) is 1.68. The summed E-state index contributed by atoms with van der Waals surface area (Å²) >= 11 is 2.11. The molecule has 0 saturated carbocycles. The minimum absolute atomic E-state index is 0.500. The molecule has 4 nitrogen and oxygen atoms in total. The van der Waals surface area contributed by atoms with Crippen molar-refractivity contribution in [2.75, 3.05) is 0 Å². The van der Waals surface area contributed by atoms with Crippen molar-refractivity contribution in [2.45, 2.75) is 6.61 Å². The molecule has 0 aliphatic heterocycles. The van der Waals surface area contributed by atoms with E-state index >= 15 is 0 Å². The maximum absolute atomic E-state index is 5.40. The summed E-state index contributed by atoms with van der Waals surface area (Å²) in [6.07, 6.45) is 1.64. The first-order valence-electron chi connectivity index (χ1n) is 4.09. The number of rotatable bonds is 3. The van der Waals surface area contributed by atoms with Gasteiger partial charge in [0.2, 0.25) is 0 Å². The molecule has 0 N–H and O–H groups in total. The highest BCUT2D eigenvalue weighted by molar-refractivity contribution is 14.1. The molecule has 0 aliphatic rings. The third kappa shape index (κ3) is 2.22. The van der Waals surface area contributed by atoms with E-state index in [-0.39, 0.29) is 0 Å². The summed E-state index contributed by atoms with van der Waals surface area (Å²) < 4.78 is 0.860. The van der Waals surface area contributed by atoms with Crippen molar-refractivity contribution in [3.63, 3.8) is 0 Å². The third-order valence-corrected chi connectivity index (χ3v) is 2.37. The van der Waals surface area contributed by atoms with E-state index in [1.54, 1.807) is 6.20 Å². The Balaban J connectivity index is 1.99. The molecular formula is C9H8IN3O. The van der Waals surface area contributed by atoms with E-state index < -0.39 is 0 Å². The van der Waals surface area contributed by atoms with Gasteiger partial charge >= 0.3 is 0 Å². The van der Waals surface area contributed by atoms with Gasteiger partial charge in [0.1, 0.15) is 6.61 Å². The lowest BCUT2D eigenvalue weighted by molar-refractivity contribution is 0.0608. The van der Waals surface area contributed by atoms with Crippen LogP contribution in [0.2, 0.25) is 0 Å². The Morgan fingerprint density at radius 3 is 2.71 bits per heavy atom. The van der Waals surface area contributed by atoms with Crippen molar-refractivity contribution in [3.05, 3.63) is 45.8 Å². The molecule has 5 heteroatoms. The van der Waals surface area contributed by atoms with Crippen LogP contribution in [0.3, 0.4) is 0 Å². The van der Waals surface area contributed by atoms with E-state index in [2.05, 4.69) is 32.9 Å². The predicted octanol–water partition coefficient (Wildman–Crippen LogP) is 1.51. The Labute approximate surface area is 95.0 Å². The second kappa shape index (κ2) is 4.41. The number of halogens is 1. The quantitative estimate of drug-likeness (QED) is 0.807. The Kier molecular flexibility index (Phi) is 2.97. The molecule has 0 saturated heterocycles. The molecule has 1 aromatic heterocycles. The van der Waals surface area contributed by atoms with Crippen LogP contribution < -0.4 is 4.84 Å². The Hall–Kier alpha value is -1.11. The largest absolute Gasteiger partial charge is 0.390 e. The lowest BCUT2D eigenvalue weighted by Crippen LogP contribution is -2.14. The molecule has 2 rings (SSSR count). The molecule has 0 aliphatic carbocycles. The van der Waals surface area contributed by atoms with Crippen LogP contribution in [0.1, 0.15) is 5.56 Å². The second-order valence-corrected chi connectivity index (χ2v) is 3.79. The van der Waals surface area contributed by atoms with E-state index in [1.807, 2.05) is 30.3 Å². The molecule has 0 radical (unpaired) electrons. The van der Waals surface area contributed by atoms with E-state index in [4.69, 9.17) is 4.84 Å². The fraction of sp³-hybridized carbons (Fsp3) is 0.111. The highest BCUT2D eigenvalue weighted by Gasteiger charge is 1.99. The first-order chi connectivity index (χ1) is 6.86. The van der Waals surface area contributed by atoms with E-state index in [9.17, 15) is 0 Å². The normalized spacial score (nSPS) is 10.1. The van der Waals surface area contributed by atoms with Crippen molar-refractivity contribution >= 4 is 22.6 Å². The fourth-order valence-corrected chi connectivity index (χ4v) is 1.37. The van der Waals surface area contributed by atoms with Crippen LogP contribution in [-0.4, -0.2) is 15.2 Å². The van der Waals surface area contributed by atoms with Crippen LogP contribution in [0.4, 0.5) is 0 Å². The van der Waals surface area contributed by atoms with Gasteiger partial charge < -0.3 is 4.84 Å². The highest BCUT2D eigenvalue weighted by atomic mass is 127. The van der Waals surface area contributed by atoms with Gasteiger partial charge in [-0.3, -0.25) is 0 Å². The van der Waals surface area contributed by atoms with Crippen LogP contribution in [-0.2, 0) is 6.61 Å². The summed E-state index contributed by atoms with van der Waals surface area (Å²) in [5.74, 6) is 0. The number of hydrogen-bond donors (Lipinski definition) is 0. The fourth-order valence-electron chi connectivity index (χ4n) is 1.01. The lowest BCUT2D eigenvalue weighted by Gasteiger charge is -2.04. The maximum Gasteiger partial charge on any atom is 0.161 e. The molecule has 1 heterocycles. The van der Waals surface area contributed by atoms with Gasteiger partial charge in [-0.1, -0.05) is 35.2 Å². The minimum Gasteiger partial charge on any atom is -0.390 e. The second-order valence-electron chi connectivity index (χ2n) is 2.69. The average Bonchev–Trinajstić information content (AvgIpc) is 2.63. The summed E-state index contributed by atoms with van der Waals surface area (Å²) in [7, 11) is 0. The standard InChI is InChI=1S/C9H8IN3O/c10-9-6-11-12-13(9)14-7-8-4-2-1-3-5-8/h1-6H,7H2. The van der Waals surface area contributed by atoms with Crippen LogP contribution >= 0.6 is 22.6 Å². The van der Waals surface area contributed by atoms with Gasteiger partial charge in [-0.15, -0.1) is 5.10 Å². The zero-order valence-corrected chi connectivity index (χ0v) is 9.46. The summed E-state index contributed by atoms with van der Waals surface area (Å²) in [4.78, 5) is 6.81. The smallest absolute Gasteiger partial charge is 0.161 e. The van der Waals surface area contributed by atoms with E-state index in [1.165, 1.54) is 4.85 Å². The molecule has 0 amide bonds. The maximum atomic E-state index is 5.40. The molecule has 0 fully saturated rings. The van der Waals surface area contributed by atoms with E-state index in [0.29, 0.717) is 6.61 Å². The Morgan fingerprint density at radius 2 is 2.07 bits per heavy atom. The molecule has 1 aromatic carbocycles. The summed E-state index contributed by atoms with van der Waals surface area (Å²) in [6, 6.07) is 9.94. The van der Waals surface area contributed by atoms with Crippen molar-refractivity contribution in [1.29, 1.82) is 0 Å². The predicted molar refractivity (Wildman–Crippen MR) is 59.5 cm³/mol. The van der Waals surface area contributed by atoms with Crippen LogP contribution in [0, 0.1) is 3.70 Å². The van der Waals surface area contributed by atoms with Gasteiger partial charge in [-0.05, 0) is 33.4 Å². The van der Waals surface area contributed by atoms with Gasteiger partial charge in [-0.25, -0.2) is 0 Å². The van der Waals surface area contributed by atoms with E-state index in [0.717, 1.165) is 9.26 Å². The molecule has 0 atom stereocenters. The molecule has 14 heavy (non-hydrogen) atoms. The Morgan fingerprint density at radius 1 is 1.29 bits per heavy atom. The topological polar surface area (TPSA) is 39.9 Å². The average molecular weight is 301 g/mol. The molecule has 2 aromatic rings. The van der Waals surface area contributed by atoms with Gasteiger partial charge in [0, 0.05) is 0 Å². The molecule has 0 bridgehead atoms. The van der Waals surface area contributed by atoms with Crippen molar-refractivity contribution in [3.8, 4) is 0 Å². The SMILES string of the molecule is Ic1cnnn1OCc1ccccc1. The zero-order chi connectivity index (χ0) is 9.80.